The Morgan fingerprint density at radius 2 is 1.94 bits per heavy atom. The summed E-state index contributed by atoms with van der Waals surface area (Å²) in [6.07, 6.45) is 11.6. The number of allylic oxidation sites excluding steroid dienone is 1. The van der Waals surface area contributed by atoms with E-state index in [-0.39, 0.29) is 0 Å². The van der Waals surface area contributed by atoms with Gasteiger partial charge in [-0.05, 0) is 30.6 Å². The molecular formula is C15H20O. The molecule has 0 heterocycles. The molecule has 1 heteroatoms. The first-order valence-corrected chi connectivity index (χ1v) is 5.91. The van der Waals surface area contributed by atoms with E-state index >= 15 is 0 Å². The fourth-order valence-corrected chi connectivity index (χ4v) is 1.32. The van der Waals surface area contributed by atoms with Crippen molar-refractivity contribution < 1.29 is 4.74 Å². The van der Waals surface area contributed by atoms with Gasteiger partial charge >= 0.3 is 0 Å². The molecule has 0 saturated carbocycles. The number of rotatable bonds is 7. The number of unbranched alkanes of at least 4 members (excludes halogenated alkanes) is 2. The van der Waals surface area contributed by atoms with Crippen LogP contribution >= 0.6 is 0 Å². The molecule has 0 amide bonds. The summed E-state index contributed by atoms with van der Waals surface area (Å²) in [6, 6.07) is 10.2. The molecule has 0 unspecified atom stereocenters. The van der Waals surface area contributed by atoms with Crippen LogP contribution in [0.4, 0.5) is 0 Å². The molecule has 0 radical (unpaired) electrons. The Bertz CT molecular complexity index is 311. The summed E-state index contributed by atoms with van der Waals surface area (Å²) in [5.74, 6) is 0. The molecule has 0 aliphatic rings. The minimum absolute atomic E-state index is 0.636. The molecule has 1 nitrogen and oxygen atoms in total. The zero-order valence-electron chi connectivity index (χ0n) is 9.93. The van der Waals surface area contributed by atoms with Crippen LogP contribution in [0.1, 0.15) is 31.7 Å². The van der Waals surface area contributed by atoms with Crippen molar-refractivity contribution in [3.63, 3.8) is 0 Å². The first kappa shape index (κ1) is 12.6. The molecule has 16 heavy (non-hydrogen) atoms. The predicted octanol–water partition coefficient (Wildman–Crippen LogP) is 4.42. The molecule has 1 aromatic carbocycles. The van der Waals surface area contributed by atoms with Crippen LogP contribution < -0.4 is 0 Å². The van der Waals surface area contributed by atoms with E-state index in [4.69, 9.17) is 4.74 Å². The third kappa shape index (κ3) is 6.07. The zero-order chi connectivity index (χ0) is 11.5. The van der Waals surface area contributed by atoms with E-state index in [2.05, 4.69) is 31.2 Å². The first-order chi connectivity index (χ1) is 7.93. The summed E-state index contributed by atoms with van der Waals surface area (Å²) in [5, 5.41) is 0. The Labute approximate surface area is 98.5 Å². The maximum atomic E-state index is 5.33. The van der Waals surface area contributed by atoms with Crippen molar-refractivity contribution in [2.75, 3.05) is 6.61 Å². The second kappa shape index (κ2) is 8.78. The second-order valence-corrected chi connectivity index (χ2v) is 3.66. The van der Waals surface area contributed by atoms with Gasteiger partial charge in [-0.3, -0.25) is 0 Å². The minimum Gasteiger partial charge on any atom is -0.497 e. The van der Waals surface area contributed by atoms with E-state index in [0.717, 1.165) is 6.42 Å². The van der Waals surface area contributed by atoms with E-state index in [0.29, 0.717) is 6.61 Å². The normalized spacial score (nSPS) is 11.3. The molecule has 1 rings (SSSR count). The monoisotopic (exact) mass is 216 g/mol. The number of hydrogen-bond donors (Lipinski definition) is 0. The van der Waals surface area contributed by atoms with E-state index in [1.54, 1.807) is 6.26 Å². The fraction of sp³-hybridized carbons (Fsp3) is 0.333. The van der Waals surface area contributed by atoms with Crippen LogP contribution in [0, 0.1) is 0 Å². The highest BCUT2D eigenvalue weighted by Crippen LogP contribution is 2.00. The second-order valence-electron chi connectivity index (χ2n) is 3.66. The van der Waals surface area contributed by atoms with Gasteiger partial charge in [-0.15, -0.1) is 0 Å². The Morgan fingerprint density at radius 3 is 2.69 bits per heavy atom. The summed E-state index contributed by atoms with van der Waals surface area (Å²) < 4.78 is 5.33. The fourth-order valence-electron chi connectivity index (χ4n) is 1.32. The number of benzene rings is 1. The smallest absolute Gasteiger partial charge is 0.106 e. The largest absolute Gasteiger partial charge is 0.497 e. The van der Waals surface area contributed by atoms with E-state index < -0.39 is 0 Å². The Hall–Kier alpha value is -1.50. The van der Waals surface area contributed by atoms with Crippen molar-refractivity contribution in [3.8, 4) is 0 Å². The van der Waals surface area contributed by atoms with Crippen LogP contribution in [0.3, 0.4) is 0 Å². The molecule has 0 bridgehead atoms. The Balaban J connectivity index is 2.11. The molecule has 0 N–H and O–H groups in total. The third-order valence-electron chi connectivity index (χ3n) is 2.22. The highest BCUT2D eigenvalue weighted by molar-refractivity contribution is 5.48. The van der Waals surface area contributed by atoms with Crippen LogP contribution in [0.25, 0.3) is 6.08 Å². The van der Waals surface area contributed by atoms with Crippen molar-refractivity contribution in [3.05, 3.63) is 54.3 Å². The third-order valence-corrected chi connectivity index (χ3v) is 2.22. The maximum absolute atomic E-state index is 5.33. The Kier molecular flexibility index (Phi) is 6.90. The number of ether oxygens (including phenoxy) is 1. The van der Waals surface area contributed by atoms with Gasteiger partial charge in [0.05, 0.1) is 6.26 Å². The highest BCUT2D eigenvalue weighted by Gasteiger charge is 1.82. The van der Waals surface area contributed by atoms with Crippen LogP contribution in [0.2, 0.25) is 0 Å². The molecular weight excluding hydrogens is 196 g/mol. The van der Waals surface area contributed by atoms with Crippen LogP contribution in [0.15, 0.2) is 48.7 Å². The summed E-state index contributed by atoms with van der Waals surface area (Å²) in [4.78, 5) is 0. The lowest BCUT2D eigenvalue weighted by atomic mass is 10.2. The predicted molar refractivity (Wildman–Crippen MR) is 70.1 cm³/mol. The SMILES string of the molecule is CCCC/C=C/OC/C=C/c1ccccc1. The average Bonchev–Trinajstić information content (AvgIpc) is 2.34. The minimum atomic E-state index is 0.636. The lowest BCUT2D eigenvalue weighted by Gasteiger charge is -1.95. The molecule has 0 saturated heterocycles. The van der Waals surface area contributed by atoms with Gasteiger partial charge < -0.3 is 4.74 Å². The van der Waals surface area contributed by atoms with E-state index in [9.17, 15) is 0 Å². The topological polar surface area (TPSA) is 9.23 Å². The molecule has 0 aliphatic heterocycles. The van der Waals surface area contributed by atoms with Crippen molar-refractivity contribution in [2.45, 2.75) is 26.2 Å². The van der Waals surface area contributed by atoms with Gasteiger partial charge in [-0.2, -0.15) is 0 Å². The molecule has 0 atom stereocenters. The summed E-state index contributed by atoms with van der Waals surface area (Å²) in [7, 11) is 0. The average molecular weight is 216 g/mol. The molecule has 1 aromatic rings. The van der Waals surface area contributed by atoms with Crippen LogP contribution in [-0.4, -0.2) is 6.61 Å². The van der Waals surface area contributed by atoms with Gasteiger partial charge in [0.2, 0.25) is 0 Å². The van der Waals surface area contributed by atoms with Crippen molar-refractivity contribution in [1.29, 1.82) is 0 Å². The van der Waals surface area contributed by atoms with Gasteiger partial charge in [0.1, 0.15) is 6.61 Å². The summed E-state index contributed by atoms with van der Waals surface area (Å²) in [5.41, 5.74) is 1.21. The molecule has 0 spiro atoms. The quantitative estimate of drug-likeness (QED) is 0.484. The molecule has 0 aromatic heterocycles. The van der Waals surface area contributed by atoms with Crippen molar-refractivity contribution in [1.82, 2.24) is 0 Å². The van der Waals surface area contributed by atoms with E-state index in [1.165, 1.54) is 18.4 Å². The first-order valence-electron chi connectivity index (χ1n) is 5.91. The van der Waals surface area contributed by atoms with Crippen LogP contribution in [0.5, 0.6) is 0 Å². The Morgan fingerprint density at radius 1 is 1.12 bits per heavy atom. The van der Waals surface area contributed by atoms with Crippen molar-refractivity contribution in [2.24, 2.45) is 0 Å². The standard InChI is InChI=1S/C15H20O/c1-2-3-4-8-13-16-14-9-12-15-10-6-5-7-11-15/h5-13H,2-4,14H2,1H3/b12-9+,13-8+. The molecule has 86 valence electrons. The molecule has 0 aliphatic carbocycles. The summed E-state index contributed by atoms with van der Waals surface area (Å²) >= 11 is 0. The zero-order valence-corrected chi connectivity index (χ0v) is 9.93. The number of hydrogen-bond acceptors (Lipinski definition) is 1. The van der Waals surface area contributed by atoms with Gasteiger partial charge in [0, 0.05) is 0 Å². The van der Waals surface area contributed by atoms with Gasteiger partial charge in [0.25, 0.3) is 0 Å². The maximum Gasteiger partial charge on any atom is 0.106 e. The van der Waals surface area contributed by atoms with Crippen LogP contribution in [-0.2, 0) is 4.74 Å². The highest BCUT2D eigenvalue weighted by atomic mass is 16.5. The van der Waals surface area contributed by atoms with Gasteiger partial charge in [0.15, 0.2) is 0 Å². The van der Waals surface area contributed by atoms with E-state index in [1.807, 2.05) is 24.3 Å². The lowest BCUT2D eigenvalue weighted by Crippen LogP contribution is -1.80. The summed E-state index contributed by atoms with van der Waals surface area (Å²) in [6.45, 7) is 2.83. The molecule has 0 fully saturated rings. The van der Waals surface area contributed by atoms with Gasteiger partial charge in [-0.1, -0.05) is 49.8 Å². The van der Waals surface area contributed by atoms with Crippen molar-refractivity contribution >= 4 is 6.08 Å². The lowest BCUT2D eigenvalue weighted by molar-refractivity contribution is 0.289. The van der Waals surface area contributed by atoms with Gasteiger partial charge in [-0.25, -0.2) is 0 Å².